The molecule has 4 rings (SSSR count). The molecule has 3 aromatic rings. The van der Waals surface area contributed by atoms with Gasteiger partial charge in [-0.15, -0.1) is 0 Å². The van der Waals surface area contributed by atoms with Gasteiger partial charge in [0.2, 0.25) is 0 Å². The first-order valence-electron chi connectivity index (χ1n) is 12.2. The van der Waals surface area contributed by atoms with Crippen molar-refractivity contribution >= 4 is 34.7 Å². The second kappa shape index (κ2) is 11.0. The lowest BCUT2D eigenvalue weighted by Gasteiger charge is -2.26. The fourth-order valence-electron chi connectivity index (χ4n) is 4.56. The van der Waals surface area contributed by atoms with Crippen LogP contribution in [0.3, 0.4) is 0 Å². The van der Waals surface area contributed by atoms with Crippen molar-refractivity contribution in [1.29, 1.82) is 0 Å². The van der Waals surface area contributed by atoms with Crippen molar-refractivity contribution in [3.05, 3.63) is 99.6 Å². The van der Waals surface area contributed by atoms with E-state index < -0.39 is 17.7 Å². The molecule has 1 unspecified atom stereocenters. The number of Topliss-reactive ketones (excluding diaryl/α,β-unsaturated/α-hetero) is 1. The molecule has 0 bridgehead atoms. The van der Waals surface area contributed by atoms with Crippen molar-refractivity contribution in [2.24, 2.45) is 0 Å². The van der Waals surface area contributed by atoms with E-state index in [-0.39, 0.29) is 16.9 Å². The zero-order valence-electron chi connectivity index (χ0n) is 20.8. The van der Waals surface area contributed by atoms with Gasteiger partial charge in [0, 0.05) is 10.7 Å². The van der Waals surface area contributed by atoms with Crippen molar-refractivity contribution < 1.29 is 19.4 Å². The van der Waals surface area contributed by atoms with E-state index in [0.29, 0.717) is 16.5 Å². The van der Waals surface area contributed by atoms with Gasteiger partial charge in [-0.05, 0) is 66.3 Å². The minimum atomic E-state index is -0.805. The third-order valence-corrected chi connectivity index (χ3v) is 6.83. The molecule has 0 spiro atoms. The minimum Gasteiger partial charge on any atom is -0.507 e. The summed E-state index contributed by atoms with van der Waals surface area (Å²) in [6, 6.07) is 19.4. The Morgan fingerprint density at radius 3 is 2.25 bits per heavy atom. The number of carbonyl (C=O) groups excluding carboxylic acids is 2. The number of anilines is 1. The normalized spacial score (nSPS) is 17.0. The molecule has 0 aliphatic carbocycles. The number of ether oxygens (including phenoxy) is 1. The lowest BCUT2D eigenvalue weighted by atomic mass is 9.94. The number of methoxy groups -OCH3 is 1. The summed E-state index contributed by atoms with van der Waals surface area (Å²) in [4.78, 5) is 28.3. The zero-order valence-corrected chi connectivity index (χ0v) is 21.5. The number of hydrogen-bond donors (Lipinski definition) is 1. The van der Waals surface area contributed by atoms with Crippen LogP contribution in [0.15, 0.2) is 72.3 Å². The maximum atomic E-state index is 13.4. The summed E-state index contributed by atoms with van der Waals surface area (Å²) in [5.41, 5.74) is 3.88. The second-order valence-electron chi connectivity index (χ2n) is 8.88. The van der Waals surface area contributed by atoms with E-state index >= 15 is 0 Å². The van der Waals surface area contributed by atoms with Crippen LogP contribution >= 0.6 is 11.6 Å². The molecule has 1 atom stereocenters. The molecule has 0 aromatic heterocycles. The van der Waals surface area contributed by atoms with E-state index in [1.165, 1.54) is 23.6 Å². The molecule has 1 N–H and O–H groups in total. The number of aliphatic hydroxyl groups excluding tert-OH is 1. The topological polar surface area (TPSA) is 66.8 Å². The molecule has 36 heavy (non-hydrogen) atoms. The number of aliphatic hydroxyl groups is 1. The number of halogens is 1. The molecule has 1 aliphatic heterocycles. The summed E-state index contributed by atoms with van der Waals surface area (Å²) in [6.07, 6.45) is 3.98. The number of rotatable bonds is 8. The van der Waals surface area contributed by atoms with Gasteiger partial charge < -0.3 is 9.84 Å². The Morgan fingerprint density at radius 1 is 0.972 bits per heavy atom. The van der Waals surface area contributed by atoms with E-state index in [2.05, 4.69) is 13.8 Å². The van der Waals surface area contributed by atoms with Gasteiger partial charge >= 0.3 is 0 Å². The first-order chi connectivity index (χ1) is 17.4. The highest BCUT2D eigenvalue weighted by atomic mass is 35.5. The summed E-state index contributed by atoms with van der Waals surface area (Å²) < 4.78 is 5.41. The molecule has 3 aromatic carbocycles. The van der Waals surface area contributed by atoms with Gasteiger partial charge in [-0.25, -0.2) is 0 Å². The molecule has 0 saturated carbocycles. The molecule has 1 fully saturated rings. The minimum absolute atomic E-state index is 0.000116. The predicted molar refractivity (Wildman–Crippen MR) is 144 cm³/mol. The smallest absolute Gasteiger partial charge is 0.300 e. The van der Waals surface area contributed by atoms with E-state index in [9.17, 15) is 14.7 Å². The van der Waals surface area contributed by atoms with E-state index in [1.807, 2.05) is 48.5 Å². The van der Waals surface area contributed by atoms with Gasteiger partial charge in [0.15, 0.2) is 0 Å². The van der Waals surface area contributed by atoms with Gasteiger partial charge in [0.1, 0.15) is 11.5 Å². The van der Waals surface area contributed by atoms with E-state index in [4.69, 9.17) is 16.3 Å². The van der Waals surface area contributed by atoms with Gasteiger partial charge in [0.05, 0.1) is 24.3 Å². The number of carbonyl (C=O) groups is 2. The molecule has 186 valence electrons. The maximum absolute atomic E-state index is 13.4. The van der Waals surface area contributed by atoms with Crippen molar-refractivity contribution in [1.82, 2.24) is 0 Å². The van der Waals surface area contributed by atoms with Crippen LogP contribution in [-0.2, 0) is 22.4 Å². The van der Waals surface area contributed by atoms with Crippen LogP contribution in [0, 0.1) is 0 Å². The number of amides is 1. The summed E-state index contributed by atoms with van der Waals surface area (Å²) in [5, 5.41) is 11.8. The van der Waals surface area contributed by atoms with Crippen molar-refractivity contribution in [2.75, 3.05) is 12.0 Å². The van der Waals surface area contributed by atoms with Crippen LogP contribution in [0.4, 0.5) is 5.69 Å². The monoisotopic (exact) mass is 503 g/mol. The highest BCUT2D eigenvalue weighted by Crippen LogP contribution is 2.43. The van der Waals surface area contributed by atoms with Crippen LogP contribution in [0.5, 0.6) is 5.75 Å². The average Bonchev–Trinajstić information content (AvgIpc) is 3.17. The Labute approximate surface area is 217 Å². The van der Waals surface area contributed by atoms with Crippen LogP contribution in [-0.4, -0.2) is 23.9 Å². The Hall–Kier alpha value is -3.57. The standard InChI is InChI=1S/C30H30ClNO4/c1-4-6-7-20-10-15-23(16-11-20)32-27(21-12-8-19(5-2)9-13-21)26(29(34)30(32)35)28(33)24-18-22(31)14-17-25(24)36-3/h8-18,27,33H,4-7H2,1-3H3/b28-26+. The first-order valence-corrected chi connectivity index (χ1v) is 12.6. The van der Waals surface area contributed by atoms with Gasteiger partial charge in [0.25, 0.3) is 11.7 Å². The number of ketones is 1. The van der Waals surface area contributed by atoms with Crippen LogP contribution < -0.4 is 9.64 Å². The largest absolute Gasteiger partial charge is 0.507 e. The number of benzene rings is 3. The molecule has 1 amide bonds. The number of aryl methyl sites for hydroxylation is 2. The first kappa shape index (κ1) is 25.5. The Kier molecular flexibility index (Phi) is 7.80. The summed E-state index contributed by atoms with van der Waals surface area (Å²) in [7, 11) is 1.47. The summed E-state index contributed by atoms with van der Waals surface area (Å²) in [6.45, 7) is 4.21. The third kappa shape index (κ3) is 4.89. The molecule has 5 nitrogen and oxygen atoms in total. The molecule has 0 radical (unpaired) electrons. The second-order valence-corrected chi connectivity index (χ2v) is 9.32. The molecular formula is C30H30ClNO4. The van der Waals surface area contributed by atoms with Gasteiger partial charge in [-0.2, -0.15) is 0 Å². The Bertz CT molecular complexity index is 1300. The zero-order chi connectivity index (χ0) is 25.8. The number of hydrogen-bond acceptors (Lipinski definition) is 4. The van der Waals surface area contributed by atoms with Crippen molar-refractivity contribution in [3.8, 4) is 5.75 Å². The van der Waals surface area contributed by atoms with Crippen LogP contribution in [0.2, 0.25) is 5.02 Å². The lowest BCUT2D eigenvalue weighted by Crippen LogP contribution is -2.29. The van der Waals surface area contributed by atoms with Crippen LogP contribution in [0.1, 0.15) is 55.0 Å². The number of nitrogens with zero attached hydrogens (tertiary/aromatic N) is 1. The summed E-state index contributed by atoms with van der Waals surface area (Å²) >= 11 is 6.20. The van der Waals surface area contributed by atoms with Gasteiger partial charge in [-0.3, -0.25) is 14.5 Å². The quantitative estimate of drug-likeness (QED) is 0.207. The van der Waals surface area contributed by atoms with Gasteiger partial charge in [-0.1, -0.05) is 68.3 Å². The summed E-state index contributed by atoms with van der Waals surface area (Å²) in [5.74, 6) is -1.42. The predicted octanol–water partition coefficient (Wildman–Crippen LogP) is 6.88. The Morgan fingerprint density at radius 2 is 1.64 bits per heavy atom. The molecule has 1 saturated heterocycles. The van der Waals surface area contributed by atoms with Crippen molar-refractivity contribution in [2.45, 2.75) is 45.6 Å². The van der Waals surface area contributed by atoms with E-state index in [0.717, 1.165) is 36.8 Å². The molecular weight excluding hydrogens is 474 g/mol. The maximum Gasteiger partial charge on any atom is 0.300 e. The molecule has 1 heterocycles. The molecule has 1 aliphatic rings. The fourth-order valence-corrected chi connectivity index (χ4v) is 4.74. The third-order valence-electron chi connectivity index (χ3n) is 6.60. The Balaban J connectivity index is 1.89. The fraction of sp³-hybridized carbons (Fsp3) is 0.267. The van der Waals surface area contributed by atoms with Crippen molar-refractivity contribution in [3.63, 3.8) is 0 Å². The van der Waals surface area contributed by atoms with E-state index in [1.54, 1.807) is 12.1 Å². The SMILES string of the molecule is CCCCc1ccc(N2C(=O)C(=O)/C(=C(/O)c3cc(Cl)ccc3OC)C2c2ccc(CC)cc2)cc1. The lowest BCUT2D eigenvalue weighted by molar-refractivity contribution is -0.132. The average molecular weight is 504 g/mol. The van der Waals surface area contributed by atoms with Crippen LogP contribution in [0.25, 0.3) is 5.76 Å². The highest BCUT2D eigenvalue weighted by molar-refractivity contribution is 6.51. The molecule has 6 heteroatoms. The number of unbranched alkanes of at least 4 members (excludes halogenated alkanes) is 1. The highest BCUT2D eigenvalue weighted by Gasteiger charge is 2.47.